The first kappa shape index (κ1) is 20.9. The molecule has 1 heterocycles. The van der Waals surface area contributed by atoms with Crippen LogP contribution in [0.5, 0.6) is 5.88 Å². The molecule has 5 heteroatoms. The van der Waals surface area contributed by atoms with Crippen LogP contribution in [0, 0.1) is 26.7 Å². The summed E-state index contributed by atoms with van der Waals surface area (Å²) in [5, 5.41) is 19.0. The van der Waals surface area contributed by atoms with Crippen molar-refractivity contribution in [2.24, 2.45) is 16.1 Å². The van der Waals surface area contributed by atoms with Crippen LogP contribution in [0.25, 0.3) is 0 Å². The van der Waals surface area contributed by atoms with Crippen molar-refractivity contribution in [1.82, 2.24) is 4.57 Å². The minimum absolute atomic E-state index is 0.0433. The molecular formula is C22H31N3O2. The standard InChI is InChI=1S/C22H31N3O2/c1-6-8-9-18(7-2)14-25-21(26)17(5)16(4)20(22(25)27)24-23-19-12-10-15(3)11-13-19/h10-13,18,26H,6-9,14H2,1-5H3/t18-/m0/s1. The fraction of sp³-hybridized carbons (Fsp3) is 0.500. The molecule has 0 aliphatic heterocycles. The predicted molar refractivity (Wildman–Crippen MR) is 111 cm³/mol. The number of rotatable bonds is 8. The molecule has 5 nitrogen and oxygen atoms in total. The third kappa shape index (κ3) is 5.06. The van der Waals surface area contributed by atoms with Gasteiger partial charge < -0.3 is 5.11 Å². The van der Waals surface area contributed by atoms with Gasteiger partial charge in [0.2, 0.25) is 0 Å². The van der Waals surface area contributed by atoms with Gasteiger partial charge in [-0.25, -0.2) is 0 Å². The highest BCUT2D eigenvalue weighted by molar-refractivity contribution is 5.51. The highest BCUT2D eigenvalue weighted by Gasteiger charge is 2.19. The summed E-state index contributed by atoms with van der Waals surface area (Å²) in [6.07, 6.45) is 4.27. The number of benzene rings is 1. The smallest absolute Gasteiger partial charge is 0.281 e. The predicted octanol–water partition coefficient (Wildman–Crippen LogP) is 6.11. The summed E-state index contributed by atoms with van der Waals surface area (Å²) in [4.78, 5) is 13.0. The molecule has 0 bridgehead atoms. The Morgan fingerprint density at radius 1 is 1.04 bits per heavy atom. The third-order valence-corrected chi connectivity index (χ3v) is 5.24. The molecule has 0 spiro atoms. The number of aryl methyl sites for hydroxylation is 1. The summed E-state index contributed by atoms with van der Waals surface area (Å²) >= 11 is 0. The zero-order valence-electron chi connectivity index (χ0n) is 17.1. The van der Waals surface area contributed by atoms with E-state index in [1.807, 2.05) is 38.1 Å². The second kappa shape index (κ2) is 9.49. The number of aromatic hydroxyl groups is 1. The molecule has 0 amide bonds. The lowest BCUT2D eigenvalue weighted by Gasteiger charge is -2.19. The highest BCUT2D eigenvalue weighted by atomic mass is 16.3. The van der Waals surface area contributed by atoms with Crippen LogP contribution in [0.2, 0.25) is 0 Å². The third-order valence-electron chi connectivity index (χ3n) is 5.24. The van der Waals surface area contributed by atoms with E-state index in [0.29, 0.717) is 35.0 Å². The van der Waals surface area contributed by atoms with Gasteiger partial charge in [0.1, 0.15) is 0 Å². The van der Waals surface area contributed by atoms with Gasteiger partial charge in [0, 0.05) is 12.1 Å². The van der Waals surface area contributed by atoms with Crippen LogP contribution in [-0.4, -0.2) is 9.67 Å². The minimum atomic E-state index is -0.276. The Labute approximate surface area is 161 Å². The van der Waals surface area contributed by atoms with Crippen LogP contribution in [-0.2, 0) is 6.54 Å². The quantitative estimate of drug-likeness (QED) is 0.570. The highest BCUT2D eigenvalue weighted by Crippen LogP contribution is 2.28. The zero-order chi connectivity index (χ0) is 20.0. The lowest BCUT2D eigenvalue weighted by atomic mass is 9.99. The summed E-state index contributed by atoms with van der Waals surface area (Å²) in [6, 6.07) is 7.66. The monoisotopic (exact) mass is 369 g/mol. The lowest BCUT2D eigenvalue weighted by Crippen LogP contribution is -2.25. The van der Waals surface area contributed by atoms with Gasteiger partial charge in [-0.1, -0.05) is 50.8 Å². The van der Waals surface area contributed by atoms with Crippen molar-refractivity contribution < 1.29 is 5.11 Å². The fourth-order valence-electron chi connectivity index (χ4n) is 3.11. The second-order valence-corrected chi connectivity index (χ2v) is 7.29. The maximum atomic E-state index is 13.0. The minimum Gasteiger partial charge on any atom is -0.494 e. The molecule has 0 aliphatic carbocycles. The largest absolute Gasteiger partial charge is 0.494 e. The van der Waals surface area contributed by atoms with E-state index in [4.69, 9.17) is 0 Å². The molecule has 146 valence electrons. The molecule has 0 saturated heterocycles. The van der Waals surface area contributed by atoms with Crippen molar-refractivity contribution in [3.63, 3.8) is 0 Å². The van der Waals surface area contributed by atoms with Crippen LogP contribution in [0.1, 0.15) is 56.2 Å². The van der Waals surface area contributed by atoms with E-state index < -0.39 is 0 Å². The van der Waals surface area contributed by atoms with Gasteiger partial charge in [0.25, 0.3) is 5.56 Å². The molecule has 27 heavy (non-hydrogen) atoms. The number of pyridine rings is 1. The summed E-state index contributed by atoms with van der Waals surface area (Å²) in [6.45, 7) is 10.4. The van der Waals surface area contributed by atoms with E-state index in [-0.39, 0.29) is 11.4 Å². The molecule has 1 atom stereocenters. The summed E-state index contributed by atoms with van der Waals surface area (Å²) in [5.41, 5.74) is 3.22. The molecule has 0 radical (unpaired) electrons. The van der Waals surface area contributed by atoms with Crippen LogP contribution in [0.4, 0.5) is 11.4 Å². The van der Waals surface area contributed by atoms with E-state index in [2.05, 4.69) is 24.1 Å². The van der Waals surface area contributed by atoms with Gasteiger partial charge >= 0.3 is 0 Å². The van der Waals surface area contributed by atoms with E-state index >= 15 is 0 Å². The SMILES string of the molecule is CCCC[C@H](CC)Cn1c(O)c(C)c(C)c(N=Nc2ccc(C)cc2)c1=O. The van der Waals surface area contributed by atoms with E-state index in [9.17, 15) is 9.90 Å². The Balaban J connectivity index is 2.42. The van der Waals surface area contributed by atoms with Gasteiger partial charge in [-0.15, -0.1) is 5.11 Å². The van der Waals surface area contributed by atoms with E-state index in [0.717, 1.165) is 31.2 Å². The van der Waals surface area contributed by atoms with Crippen LogP contribution >= 0.6 is 0 Å². The van der Waals surface area contributed by atoms with E-state index in [1.54, 1.807) is 6.92 Å². The lowest BCUT2D eigenvalue weighted by molar-refractivity contribution is 0.338. The van der Waals surface area contributed by atoms with E-state index in [1.165, 1.54) is 4.57 Å². The molecular weight excluding hydrogens is 338 g/mol. The molecule has 2 aromatic rings. The Morgan fingerprint density at radius 2 is 1.70 bits per heavy atom. The normalized spacial score (nSPS) is 12.6. The van der Waals surface area contributed by atoms with Crippen molar-refractivity contribution in [1.29, 1.82) is 0 Å². The average molecular weight is 370 g/mol. The van der Waals surface area contributed by atoms with Gasteiger partial charge in [-0.2, -0.15) is 5.11 Å². The topological polar surface area (TPSA) is 66.9 Å². The Morgan fingerprint density at radius 3 is 2.30 bits per heavy atom. The molecule has 0 saturated carbocycles. The van der Waals surface area contributed by atoms with Gasteiger partial charge in [0.15, 0.2) is 11.6 Å². The fourth-order valence-corrected chi connectivity index (χ4v) is 3.11. The van der Waals surface area contributed by atoms with Crippen LogP contribution < -0.4 is 5.56 Å². The molecule has 0 fully saturated rings. The van der Waals surface area contributed by atoms with Crippen LogP contribution in [0.3, 0.4) is 0 Å². The Kier molecular flexibility index (Phi) is 7.34. The van der Waals surface area contributed by atoms with Crippen molar-refractivity contribution in [2.45, 2.75) is 66.8 Å². The number of hydrogen-bond acceptors (Lipinski definition) is 4. The molecule has 1 aromatic heterocycles. The van der Waals surface area contributed by atoms with Crippen molar-refractivity contribution in [3.05, 3.63) is 51.3 Å². The number of hydrogen-bond donors (Lipinski definition) is 1. The maximum absolute atomic E-state index is 13.0. The molecule has 1 aromatic carbocycles. The van der Waals surface area contributed by atoms with Gasteiger partial charge in [-0.3, -0.25) is 9.36 Å². The number of azo groups is 1. The first-order valence-electron chi connectivity index (χ1n) is 9.80. The first-order chi connectivity index (χ1) is 12.9. The number of nitrogens with zero attached hydrogens (tertiary/aromatic N) is 3. The summed E-state index contributed by atoms with van der Waals surface area (Å²) in [5.74, 6) is 0.402. The van der Waals surface area contributed by atoms with Crippen molar-refractivity contribution in [3.8, 4) is 5.88 Å². The number of unbranched alkanes of at least 4 members (excludes halogenated alkanes) is 1. The first-order valence-corrected chi connectivity index (χ1v) is 9.80. The van der Waals surface area contributed by atoms with Gasteiger partial charge in [0.05, 0.1) is 5.69 Å². The summed E-state index contributed by atoms with van der Waals surface area (Å²) < 4.78 is 1.47. The number of aromatic nitrogens is 1. The Bertz CT molecular complexity index is 851. The Hall–Kier alpha value is -2.43. The van der Waals surface area contributed by atoms with Crippen molar-refractivity contribution >= 4 is 11.4 Å². The zero-order valence-corrected chi connectivity index (χ0v) is 17.1. The molecule has 0 aliphatic rings. The molecule has 2 rings (SSSR count). The van der Waals surface area contributed by atoms with Crippen LogP contribution in [0.15, 0.2) is 39.3 Å². The maximum Gasteiger partial charge on any atom is 0.281 e. The van der Waals surface area contributed by atoms with Crippen molar-refractivity contribution in [2.75, 3.05) is 0 Å². The summed E-state index contributed by atoms with van der Waals surface area (Å²) in [7, 11) is 0. The molecule has 0 unspecified atom stereocenters. The molecule has 1 N–H and O–H groups in total. The second-order valence-electron chi connectivity index (χ2n) is 7.29. The average Bonchev–Trinajstić information content (AvgIpc) is 2.67. The van der Waals surface area contributed by atoms with Gasteiger partial charge in [-0.05, 0) is 50.8 Å².